The largest absolute Gasteiger partial charge is 0.411 e. The summed E-state index contributed by atoms with van der Waals surface area (Å²) in [6, 6.07) is 17.3. The van der Waals surface area contributed by atoms with Crippen LogP contribution in [0.25, 0.3) is 11.5 Å². The molecule has 0 aliphatic rings. The number of rotatable bonds is 7. The second-order valence-corrected chi connectivity index (χ2v) is 6.53. The van der Waals surface area contributed by atoms with Gasteiger partial charge in [0.1, 0.15) is 0 Å². The highest BCUT2D eigenvalue weighted by Crippen LogP contribution is 2.24. The molecule has 0 unspecified atom stereocenters. The minimum Gasteiger partial charge on any atom is -0.411 e. The summed E-state index contributed by atoms with van der Waals surface area (Å²) in [6.07, 6.45) is 1.30. The van der Waals surface area contributed by atoms with E-state index in [4.69, 9.17) is 4.42 Å². The quantitative estimate of drug-likeness (QED) is 0.352. The van der Waals surface area contributed by atoms with Gasteiger partial charge >= 0.3 is 0 Å². The van der Waals surface area contributed by atoms with E-state index in [1.807, 2.05) is 61.5 Å². The Labute approximate surface area is 145 Å². The van der Waals surface area contributed by atoms with Crippen molar-refractivity contribution in [2.75, 3.05) is 5.75 Å². The molecule has 0 aliphatic carbocycles. The van der Waals surface area contributed by atoms with Crippen molar-refractivity contribution in [2.45, 2.75) is 25.0 Å². The van der Waals surface area contributed by atoms with E-state index in [0.717, 1.165) is 23.3 Å². The van der Waals surface area contributed by atoms with Crippen LogP contribution in [0.3, 0.4) is 0 Å². The van der Waals surface area contributed by atoms with E-state index in [9.17, 15) is 4.79 Å². The zero-order valence-electron chi connectivity index (χ0n) is 13.4. The van der Waals surface area contributed by atoms with Crippen molar-refractivity contribution in [2.24, 2.45) is 0 Å². The lowest BCUT2D eigenvalue weighted by atomic mass is 10.1. The van der Waals surface area contributed by atoms with Gasteiger partial charge in [-0.25, -0.2) is 0 Å². The van der Waals surface area contributed by atoms with Crippen LogP contribution in [0.5, 0.6) is 0 Å². The molecule has 0 spiro atoms. The summed E-state index contributed by atoms with van der Waals surface area (Å²) in [5, 5.41) is 8.66. The Balaban J connectivity index is 1.47. The molecule has 1 aromatic heterocycles. The molecule has 4 nitrogen and oxygen atoms in total. The molecule has 3 rings (SSSR count). The maximum absolute atomic E-state index is 12.0. The highest BCUT2D eigenvalue weighted by molar-refractivity contribution is 7.99. The summed E-state index contributed by atoms with van der Waals surface area (Å²) in [6.45, 7) is 2.04. The molecule has 122 valence electrons. The average Bonchev–Trinajstić information content (AvgIpc) is 3.09. The minimum absolute atomic E-state index is 0.169. The van der Waals surface area contributed by atoms with Crippen LogP contribution < -0.4 is 0 Å². The van der Waals surface area contributed by atoms with Crippen LogP contribution in [0.2, 0.25) is 0 Å². The molecule has 24 heavy (non-hydrogen) atoms. The molecule has 0 saturated heterocycles. The number of thioether (sulfide) groups is 1. The zero-order valence-corrected chi connectivity index (χ0v) is 14.3. The van der Waals surface area contributed by atoms with Gasteiger partial charge in [-0.3, -0.25) is 4.79 Å². The molecule has 0 radical (unpaired) electrons. The molecule has 0 fully saturated rings. The molecule has 1 heterocycles. The molecule has 0 atom stereocenters. The van der Waals surface area contributed by atoms with E-state index < -0.39 is 0 Å². The number of aryl methyl sites for hydroxylation is 1. The van der Waals surface area contributed by atoms with E-state index >= 15 is 0 Å². The van der Waals surface area contributed by atoms with Crippen molar-refractivity contribution in [1.82, 2.24) is 10.2 Å². The number of Topliss-reactive ketones (excluding diaryl/α,β-unsaturated/α-hetero) is 1. The van der Waals surface area contributed by atoms with Gasteiger partial charge < -0.3 is 4.42 Å². The lowest BCUT2D eigenvalue weighted by molar-refractivity contribution is 0.0982. The van der Waals surface area contributed by atoms with Crippen molar-refractivity contribution in [3.8, 4) is 11.5 Å². The number of carbonyl (C=O) groups excluding carboxylic acids is 1. The molecule has 0 N–H and O–H groups in total. The first-order chi connectivity index (χ1) is 11.7. The third-order valence-corrected chi connectivity index (χ3v) is 4.48. The first kappa shape index (κ1) is 16.5. The summed E-state index contributed by atoms with van der Waals surface area (Å²) in [7, 11) is 0. The summed E-state index contributed by atoms with van der Waals surface area (Å²) < 4.78 is 5.66. The van der Waals surface area contributed by atoms with Gasteiger partial charge in [0.05, 0.1) is 0 Å². The number of carbonyl (C=O) groups is 1. The SMILES string of the molecule is Cc1ccc(-c2nnc(SCCCC(=O)c3ccccc3)o2)cc1. The second kappa shape index (κ2) is 7.93. The van der Waals surface area contributed by atoms with Crippen molar-refractivity contribution >= 4 is 17.5 Å². The first-order valence-electron chi connectivity index (χ1n) is 7.84. The fourth-order valence-electron chi connectivity index (χ4n) is 2.24. The van der Waals surface area contributed by atoms with Crippen LogP contribution in [0, 0.1) is 6.92 Å². The van der Waals surface area contributed by atoms with Gasteiger partial charge in [-0.05, 0) is 25.5 Å². The van der Waals surface area contributed by atoms with Crippen molar-refractivity contribution in [1.29, 1.82) is 0 Å². The highest BCUT2D eigenvalue weighted by atomic mass is 32.2. The van der Waals surface area contributed by atoms with Crippen molar-refractivity contribution < 1.29 is 9.21 Å². The molecule has 3 aromatic rings. The fraction of sp³-hybridized carbons (Fsp3) is 0.211. The Morgan fingerprint density at radius 1 is 1.04 bits per heavy atom. The molecular weight excluding hydrogens is 320 g/mol. The third-order valence-electron chi connectivity index (χ3n) is 3.57. The smallest absolute Gasteiger partial charge is 0.276 e. The Hall–Kier alpha value is -2.40. The maximum Gasteiger partial charge on any atom is 0.276 e. The van der Waals surface area contributed by atoms with Crippen LogP contribution in [-0.2, 0) is 0 Å². The molecular formula is C19H18N2O2S. The lowest BCUT2D eigenvalue weighted by Gasteiger charge is -2.00. The number of hydrogen-bond donors (Lipinski definition) is 0. The molecule has 2 aromatic carbocycles. The van der Waals surface area contributed by atoms with Gasteiger partial charge in [0.15, 0.2) is 5.78 Å². The van der Waals surface area contributed by atoms with E-state index in [-0.39, 0.29) is 5.78 Å². The Morgan fingerprint density at radius 2 is 1.79 bits per heavy atom. The Kier molecular flexibility index (Phi) is 5.43. The zero-order chi connectivity index (χ0) is 16.8. The molecule has 0 aliphatic heterocycles. The van der Waals surface area contributed by atoms with Crippen molar-refractivity contribution in [3.05, 3.63) is 65.7 Å². The number of hydrogen-bond acceptors (Lipinski definition) is 5. The van der Waals surface area contributed by atoms with Gasteiger partial charge in [-0.15, -0.1) is 10.2 Å². The summed E-state index contributed by atoms with van der Waals surface area (Å²) in [5.74, 6) is 1.47. The predicted octanol–water partition coefficient (Wildman–Crippen LogP) is 4.80. The van der Waals surface area contributed by atoms with Crippen LogP contribution in [0.15, 0.2) is 64.2 Å². The van der Waals surface area contributed by atoms with E-state index in [1.165, 1.54) is 17.3 Å². The fourth-order valence-corrected chi connectivity index (χ4v) is 2.94. The average molecular weight is 338 g/mol. The van der Waals surface area contributed by atoms with Gasteiger partial charge in [0.2, 0.25) is 5.89 Å². The molecule has 0 bridgehead atoms. The van der Waals surface area contributed by atoms with Crippen LogP contribution >= 0.6 is 11.8 Å². The van der Waals surface area contributed by atoms with E-state index in [2.05, 4.69) is 10.2 Å². The van der Waals surface area contributed by atoms with Crippen LogP contribution in [0.4, 0.5) is 0 Å². The standard InChI is InChI=1S/C19H18N2O2S/c1-14-9-11-16(12-10-14)18-20-21-19(23-18)24-13-5-8-17(22)15-6-3-2-4-7-15/h2-4,6-7,9-12H,5,8,13H2,1H3. The van der Waals surface area contributed by atoms with Gasteiger partial charge in [-0.1, -0.05) is 59.8 Å². The second-order valence-electron chi connectivity index (χ2n) is 5.48. The Morgan fingerprint density at radius 3 is 2.54 bits per heavy atom. The van der Waals surface area contributed by atoms with E-state index in [0.29, 0.717) is 17.5 Å². The topological polar surface area (TPSA) is 56.0 Å². The number of nitrogens with zero attached hydrogens (tertiary/aromatic N) is 2. The van der Waals surface area contributed by atoms with E-state index in [1.54, 1.807) is 0 Å². The van der Waals surface area contributed by atoms with Crippen LogP contribution in [0.1, 0.15) is 28.8 Å². The van der Waals surface area contributed by atoms with Gasteiger partial charge in [0, 0.05) is 23.3 Å². The van der Waals surface area contributed by atoms with Gasteiger partial charge in [-0.2, -0.15) is 0 Å². The minimum atomic E-state index is 0.169. The molecule has 0 amide bonds. The number of aromatic nitrogens is 2. The predicted molar refractivity (Wildman–Crippen MR) is 95.2 cm³/mol. The third kappa shape index (κ3) is 4.32. The van der Waals surface area contributed by atoms with Gasteiger partial charge in [0.25, 0.3) is 5.22 Å². The summed E-state index contributed by atoms with van der Waals surface area (Å²) in [4.78, 5) is 12.0. The Bertz CT molecular complexity index is 798. The lowest BCUT2D eigenvalue weighted by Crippen LogP contribution is -1.99. The normalized spacial score (nSPS) is 10.7. The number of ketones is 1. The maximum atomic E-state index is 12.0. The first-order valence-corrected chi connectivity index (χ1v) is 8.82. The molecule has 0 saturated carbocycles. The highest BCUT2D eigenvalue weighted by Gasteiger charge is 2.10. The monoisotopic (exact) mass is 338 g/mol. The number of benzene rings is 2. The molecule has 5 heteroatoms. The summed E-state index contributed by atoms with van der Waals surface area (Å²) >= 11 is 1.48. The van der Waals surface area contributed by atoms with Crippen LogP contribution in [-0.4, -0.2) is 21.7 Å². The van der Waals surface area contributed by atoms with Crippen molar-refractivity contribution in [3.63, 3.8) is 0 Å². The summed E-state index contributed by atoms with van der Waals surface area (Å²) in [5.41, 5.74) is 2.87.